The normalized spacial score (nSPS) is 10.8. The average Bonchev–Trinajstić information content (AvgIpc) is 2.95. The van der Waals surface area contributed by atoms with Crippen LogP contribution in [-0.2, 0) is 22.6 Å². The van der Waals surface area contributed by atoms with Crippen molar-refractivity contribution in [2.24, 2.45) is 0 Å². The molecule has 26 heavy (non-hydrogen) atoms. The summed E-state index contributed by atoms with van der Waals surface area (Å²) in [6.07, 6.45) is 1.24. The molecule has 1 amide bonds. The van der Waals surface area contributed by atoms with Gasteiger partial charge in [0.15, 0.2) is 0 Å². The Kier molecular flexibility index (Phi) is 4.53. The summed E-state index contributed by atoms with van der Waals surface area (Å²) in [4.78, 5) is 35.0. The van der Waals surface area contributed by atoms with Gasteiger partial charge in [-0.2, -0.15) is 0 Å². The third-order valence-electron chi connectivity index (χ3n) is 3.86. The highest BCUT2D eigenvalue weighted by Crippen LogP contribution is 2.23. The van der Waals surface area contributed by atoms with Crippen LogP contribution in [0.3, 0.4) is 0 Å². The van der Waals surface area contributed by atoms with Crippen molar-refractivity contribution in [3.63, 3.8) is 0 Å². The number of anilines is 1. The van der Waals surface area contributed by atoms with Gasteiger partial charge in [-0.05, 0) is 31.5 Å². The Hall–Kier alpha value is -3.49. The lowest BCUT2D eigenvalue weighted by molar-refractivity contribution is -0.136. The number of hydrogen-bond donors (Lipinski definition) is 2. The minimum Gasteiger partial charge on any atom is -0.481 e. The Balaban J connectivity index is 1.86. The van der Waals surface area contributed by atoms with Gasteiger partial charge >= 0.3 is 11.6 Å². The highest BCUT2D eigenvalue weighted by molar-refractivity contribution is 5.93. The molecule has 3 aromatic rings. The van der Waals surface area contributed by atoms with E-state index in [-0.39, 0.29) is 23.6 Å². The lowest BCUT2D eigenvalue weighted by Gasteiger charge is -2.09. The van der Waals surface area contributed by atoms with Gasteiger partial charge in [0.25, 0.3) is 0 Å². The van der Waals surface area contributed by atoms with E-state index in [1.165, 1.54) is 10.7 Å². The zero-order valence-corrected chi connectivity index (χ0v) is 14.1. The second-order valence-electron chi connectivity index (χ2n) is 5.88. The first-order valence-corrected chi connectivity index (χ1v) is 7.78. The maximum atomic E-state index is 12.1. The van der Waals surface area contributed by atoms with Crippen molar-refractivity contribution < 1.29 is 19.1 Å². The van der Waals surface area contributed by atoms with Crippen molar-refractivity contribution in [2.75, 3.05) is 5.32 Å². The maximum absolute atomic E-state index is 12.1. The highest BCUT2D eigenvalue weighted by atomic mass is 16.4. The number of nitrogens with one attached hydrogen (secondary N) is 1. The molecule has 9 nitrogen and oxygen atoms in total. The first kappa shape index (κ1) is 17.3. The van der Waals surface area contributed by atoms with Gasteiger partial charge in [-0.15, -0.1) is 5.10 Å². The van der Waals surface area contributed by atoms with E-state index in [0.29, 0.717) is 22.3 Å². The zero-order chi connectivity index (χ0) is 18.8. The molecule has 0 aliphatic heterocycles. The number of nitrogens with zero attached hydrogens (tertiary/aromatic N) is 3. The lowest BCUT2D eigenvalue weighted by atomic mass is 10.0. The number of carbonyl (C=O) groups is 2. The van der Waals surface area contributed by atoms with E-state index in [9.17, 15) is 14.4 Å². The molecule has 1 aromatic carbocycles. The van der Waals surface area contributed by atoms with Gasteiger partial charge in [0.2, 0.25) is 5.91 Å². The second-order valence-corrected chi connectivity index (χ2v) is 5.88. The predicted octanol–water partition coefficient (Wildman–Crippen LogP) is 1.27. The monoisotopic (exact) mass is 356 g/mol. The van der Waals surface area contributed by atoms with Crippen LogP contribution in [0.15, 0.2) is 33.6 Å². The van der Waals surface area contributed by atoms with Crippen molar-refractivity contribution >= 4 is 28.5 Å². The smallest absolute Gasteiger partial charge is 0.340 e. The van der Waals surface area contributed by atoms with E-state index in [1.807, 2.05) is 0 Å². The number of carbonyl (C=O) groups excluding carboxylic acids is 1. The predicted molar refractivity (Wildman–Crippen MR) is 91.9 cm³/mol. The SMILES string of the molecule is Cc1cn(CC(=O)Nc2ccc3c(C)c(CC(=O)O)c(=O)oc3c2)nn1. The van der Waals surface area contributed by atoms with Gasteiger partial charge < -0.3 is 14.8 Å². The fourth-order valence-corrected chi connectivity index (χ4v) is 2.65. The number of benzene rings is 1. The molecule has 3 rings (SSSR count). The molecule has 0 spiro atoms. The molecular weight excluding hydrogens is 340 g/mol. The molecule has 0 aliphatic carbocycles. The summed E-state index contributed by atoms with van der Waals surface area (Å²) in [5, 5.41) is 19.8. The second kappa shape index (κ2) is 6.79. The van der Waals surface area contributed by atoms with Gasteiger partial charge in [0, 0.05) is 23.3 Å². The zero-order valence-electron chi connectivity index (χ0n) is 14.1. The number of aryl methyl sites for hydroxylation is 2. The molecule has 0 aliphatic rings. The fourth-order valence-electron chi connectivity index (χ4n) is 2.65. The van der Waals surface area contributed by atoms with Crippen LogP contribution < -0.4 is 10.9 Å². The first-order chi connectivity index (χ1) is 12.3. The third-order valence-corrected chi connectivity index (χ3v) is 3.86. The largest absolute Gasteiger partial charge is 0.481 e. The molecule has 9 heteroatoms. The molecular formula is C17H16N4O5. The summed E-state index contributed by atoms with van der Waals surface area (Å²) in [6, 6.07) is 4.86. The molecule has 0 radical (unpaired) electrons. The van der Waals surface area contributed by atoms with Crippen LogP contribution in [-0.4, -0.2) is 32.0 Å². The van der Waals surface area contributed by atoms with Crippen LogP contribution in [0.4, 0.5) is 5.69 Å². The molecule has 2 N–H and O–H groups in total. The lowest BCUT2D eigenvalue weighted by Crippen LogP contribution is -2.19. The third kappa shape index (κ3) is 3.61. The number of fused-ring (bicyclic) bond motifs is 1. The standard InChI is InChI=1S/C17H16N4O5/c1-9-7-21(20-19-9)8-15(22)18-11-3-4-12-10(2)13(6-16(23)24)17(25)26-14(12)5-11/h3-5,7H,6,8H2,1-2H3,(H,18,22)(H,23,24). The molecule has 0 saturated carbocycles. The summed E-state index contributed by atoms with van der Waals surface area (Å²) < 4.78 is 6.63. The van der Waals surface area contributed by atoms with E-state index in [4.69, 9.17) is 9.52 Å². The van der Waals surface area contributed by atoms with Crippen LogP contribution in [0.1, 0.15) is 16.8 Å². The average molecular weight is 356 g/mol. The van der Waals surface area contributed by atoms with E-state index >= 15 is 0 Å². The molecule has 0 bridgehead atoms. The Labute approximate surface area is 147 Å². The van der Waals surface area contributed by atoms with Crippen molar-refractivity contribution in [2.45, 2.75) is 26.8 Å². The summed E-state index contributed by atoms with van der Waals surface area (Å²) in [6.45, 7) is 3.44. The van der Waals surface area contributed by atoms with Gasteiger partial charge in [0.05, 0.1) is 17.7 Å². The molecule has 0 atom stereocenters. The number of hydrogen-bond acceptors (Lipinski definition) is 6. The molecule has 0 saturated heterocycles. The van der Waals surface area contributed by atoms with E-state index in [1.54, 1.807) is 32.2 Å². The molecule has 2 aromatic heterocycles. The van der Waals surface area contributed by atoms with Crippen LogP contribution in [0, 0.1) is 13.8 Å². The summed E-state index contributed by atoms with van der Waals surface area (Å²) in [5.74, 6) is -1.41. The number of aliphatic carboxylic acids is 1. The van der Waals surface area contributed by atoms with Crippen molar-refractivity contribution in [3.8, 4) is 0 Å². The molecule has 0 fully saturated rings. The Morgan fingerprint density at radius 3 is 2.73 bits per heavy atom. The maximum Gasteiger partial charge on any atom is 0.340 e. The van der Waals surface area contributed by atoms with E-state index < -0.39 is 18.0 Å². The van der Waals surface area contributed by atoms with Crippen LogP contribution >= 0.6 is 0 Å². The van der Waals surface area contributed by atoms with Gasteiger partial charge in [-0.3, -0.25) is 9.59 Å². The van der Waals surface area contributed by atoms with Crippen LogP contribution in [0.25, 0.3) is 11.0 Å². The topological polar surface area (TPSA) is 127 Å². The van der Waals surface area contributed by atoms with Crippen molar-refractivity contribution in [1.82, 2.24) is 15.0 Å². The molecule has 2 heterocycles. The molecule has 0 unspecified atom stereocenters. The summed E-state index contributed by atoms with van der Waals surface area (Å²) in [7, 11) is 0. The highest BCUT2D eigenvalue weighted by Gasteiger charge is 2.15. The Morgan fingerprint density at radius 1 is 1.31 bits per heavy atom. The van der Waals surface area contributed by atoms with Gasteiger partial charge in [-0.1, -0.05) is 5.21 Å². The summed E-state index contributed by atoms with van der Waals surface area (Å²) in [5.41, 5.74) is 1.40. The van der Waals surface area contributed by atoms with Crippen molar-refractivity contribution in [1.29, 1.82) is 0 Å². The number of aromatic nitrogens is 3. The van der Waals surface area contributed by atoms with Crippen LogP contribution in [0.5, 0.6) is 0 Å². The number of amides is 1. The number of carboxylic acids is 1. The van der Waals surface area contributed by atoms with Gasteiger partial charge in [0.1, 0.15) is 12.1 Å². The summed E-state index contributed by atoms with van der Waals surface area (Å²) >= 11 is 0. The number of rotatable bonds is 5. The van der Waals surface area contributed by atoms with E-state index in [2.05, 4.69) is 15.6 Å². The van der Waals surface area contributed by atoms with E-state index in [0.717, 1.165) is 0 Å². The minimum absolute atomic E-state index is 0.000593. The Bertz CT molecular complexity index is 1070. The van der Waals surface area contributed by atoms with Crippen LogP contribution in [0.2, 0.25) is 0 Å². The minimum atomic E-state index is -1.10. The quantitative estimate of drug-likeness (QED) is 0.659. The number of carboxylic acid groups (broad SMARTS) is 1. The van der Waals surface area contributed by atoms with Crippen molar-refractivity contribution in [3.05, 3.63) is 51.6 Å². The van der Waals surface area contributed by atoms with Gasteiger partial charge in [-0.25, -0.2) is 9.48 Å². The molecule has 134 valence electrons. The Morgan fingerprint density at radius 2 is 2.08 bits per heavy atom. The first-order valence-electron chi connectivity index (χ1n) is 7.78. The fraction of sp³-hybridized carbons (Fsp3) is 0.235.